The van der Waals surface area contributed by atoms with Crippen molar-refractivity contribution in [1.29, 1.82) is 0 Å². The summed E-state index contributed by atoms with van der Waals surface area (Å²) in [6, 6.07) is 0.738. The van der Waals surface area contributed by atoms with Gasteiger partial charge in [-0.2, -0.15) is 0 Å². The molecule has 1 N–H and O–H groups in total. The first-order valence-electron chi connectivity index (χ1n) is 6.01. The Balaban J connectivity index is 1.72. The van der Waals surface area contributed by atoms with Crippen LogP contribution in [0, 0.1) is 0 Å². The van der Waals surface area contributed by atoms with Crippen LogP contribution in [0.4, 0.5) is 0 Å². The van der Waals surface area contributed by atoms with Crippen LogP contribution in [-0.2, 0) is 4.74 Å². The van der Waals surface area contributed by atoms with E-state index in [0.717, 1.165) is 19.2 Å². The fraction of sp³-hybridized carbons (Fsp3) is 0.833. The minimum atomic E-state index is 0.738. The second kappa shape index (κ2) is 5.64. The maximum absolute atomic E-state index is 5.15. The summed E-state index contributed by atoms with van der Waals surface area (Å²) in [6.45, 7) is 5.56. The van der Waals surface area contributed by atoms with Gasteiger partial charge in [-0.3, -0.25) is 4.90 Å². The minimum absolute atomic E-state index is 0.738. The number of hydrogen-bond donors (Lipinski definition) is 1. The molecule has 0 saturated carbocycles. The quantitative estimate of drug-likeness (QED) is 0.701. The molecule has 1 atom stereocenters. The van der Waals surface area contributed by atoms with Crippen molar-refractivity contribution in [3.05, 3.63) is 11.6 Å². The zero-order chi connectivity index (χ0) is 10.5. The topological polar surface area (TPSA) is 24.5 Å². The largest absolute Gasteiger partial charge is 0.380 e. The van der Waals surface area contributed by atoms with Crippen molar-refractivity contribution < 1.29 is 4.74 Å². The van der Waals surface area contributed by atoms with Crippen LogP contribution >= 0.6 is 0 Å². The number of methoxy groups -OCH3 is 1. The zero-order valence-corrected chi connectivity index (χ0v) is 9.67. The smallest absolute Gasteiger partial charge is 0.0673 e. The van der Waals surface area contributed by atoms with Crippen molar-refractivity contribution in [1.82, 2.24) is 10.2 Å². The zero-order valence-electron chi connectivity index (χ0n) is 9.67. The highest BCUT2D eigenvalue weighted by Crippen LogP contribution is 2.13. The lowest BCUT2D eigenvalue weighted by Gasteiger charge is -2.28. The van der Waals surface area contributed by atoms with Gasteiger partial charge in [0.05, 0.1) is 6.61 Å². The summed E-state index contributed by atoms with van der Waals surface area (Å²) in [5.41, 5.74) is 1.47. The Morgan fingerprint density at radius 3 is 3.13 bits per heavy atom. The van der Waals surface area contributed by atoms with E-state index in [2.05, 4.69) is 16.3 Å². The molecule has 0 spiro atoms. The molecule has 15 heavy (non-hydrogen) atoms. The van der Waals surface area contributed by atoms with Gasteiger partial charge >= 0.3 is 0 Å². The van der Waals surface area contributed by atoms with Crippen molar-refractivity contribution >= 4 is 0 Å². The number of rotatable bonds is 4. The lowest BCUT2D eigenvalue weighted by Crippen LogP contribution is -2.39. The van der Waals surface area contributed by atoms with Crippen LogP contribution in [0.1, 0.15) is 19.3 Å². The molecule has 1 unspecified atom stereocenters. The summed E-state index contributed by atoms with van der Waals surface area (Å²) in [5, 5.41) is 3.55. The summed E-state index contributed by atoms with van der Waals surface area (Å²) < 4.78 is 5.15. The molecule has 2 aliphatic heterocycles. The van der Waals surface area contributed by atoms with E-state index in [4.69, 9.17) is 4.74 Å². The fourth-order valence-electron chi connectivity index (χ4n) is 2.46. The molecule has 0 amide bonds. The van der Waals surface area contributed by atoms with Crippen LogP contribution < -0.4 is 5.32 Å². The monoisotopic (exact) mass is 210 g/mol. The van der Waals surface area contributed by atoms with Gasteiger partial charge in [-0.15, -0.1) is 0 Å². The fourth-order valence-corrected chi connectivity index (χ4v) is 2.46. The maximum Gasteiger partial charge on any atom is 0.0673 e. The molecule has 1 saturated heterocycles. The van der Waals surface area contributed by atoms with E-state index in [-0.39, 0.29) is 0 Å². The Hall–Kier alpha value is -0.380. The summed E-state index contributed by atoms with van der Waals surface area (Å²) in [4.78, 5) is 2.54. The van der Waals surface area contributed by atoms with E-state index >= 15 is 0 Å². The van der Waals surface area contributed by atoms with E-state index in [0.29, 0.717) is 0 Å². The molecule has 0 aliphatic carbocycles. The molecule has 0 aromatic heterocycles. The van der Waals surface area contributed by atoms with Crippen LogP contribution in [0.15, 0.2) is 11.6 Å². The molecule has 1 fully saturated rings. The Morgan fingerprint density at radius 2 is 2.53 bits per heavy atom. The average Bonchev–Trinajstić information content (AvgIpc) is 2.74. The SMILES string of the molecule is COCC1=CCN(CC2CCCN2)CC1. The highest BCUT2D eigenvalue weighted by Gasteiger charge is 2.19. The summed E-state index contributed by atoms with van der Waals surface area (Å²) in [7, 11) is 1.77. The maximum atomic E-state index is 5.15. The molecule has 2 rings (SSSR count). The standard InChI is InChI=1S/C12H22N2O/c1-15-10-11-4-7-14(8-5-11)9-12-3-2-6-13-12/h4,12-13H,2-3,5-10H2,1H3. The minimum Gasteiger partial charge on any atom is -0.380 e. The van der Waals surface area contributed by atoms with Gasteiger partial charge in [0.25, 0.3) is 0 Å². The number of nitrogens with zero attached hydrogens (tertiary/aromatic N) is 1. The molecule has 86 valence electrons. The number of nitrogens with one attached hydrogen (secondary N) is 1. The molecule has 2 heterocycles. The Labute approximate surface area is 92.5 Å². The third-order valence-corrected chi connectivity index (χ3v) is 3.36. The molecular weight excluding hydrogens is 188 g/mol. The van der Waals surface area contributed by atoms with Gasteiger partial charge in [0.15, 0.2) is 0 Å². The Bertz CT molecular complexity index is 222. The molecule has 3 heteroatoms. The van der Waals surface area contributed by atoms with E-state index < -0.39 is 0 Å². The lowest BCUT2D eigenvalue weighted by atomic mass is 10.1. The first kappa shape index (κ1) is 11.1. The molecule has 0 aromatic carbocycles. The molecule has 2 aliphatic rings. The van der Waals surface area contributed by atoms with Crippen LogP contribution in [0.3, 0.4) is 0 Å². The van der Waals surface area contributed by atoms with Gasteiger partial charge in [0.1, 0.15) is 0 Å². The predicted octanol–water partition coefficient (Wildman–Crippen LogP) is 1.02. The van der Waals surface area contributed by atoms with Gasteiger partial charge in [-0.05, 0) is 31.4 Å². The van der Waals surface area contributed by atoms with Crippen LogP contribution in [0.2, 0.25) is 0 Å². The van der Waals surface area contributed by atoms with Gasteiger partial charge in [-0.25, -0.2) is 0 Å². The lowest BCUT2D eigenvalue weighted by molar-refractivity contribution is 0.208. The third-order valence-electron chi connectivity index (χ3n) is 3.36. The molecule has 3 nitrogen and oxygen atoms in total. The highest BCUT2D eigenvalue weighted by atomic mass is 16.5. The van der Waals surface area contributed by atoms with Gasteiger partial charge in [0, 0.05) is 32.8 Å². The van der Waals surface area contributed by atoms with Crippen LogP contribution in [0.25, 0.3) is 0 Å². The molecule has 0 bridgehead atoms. The van der Waals surface area contributed by atoms with Crippen molar-refractivity contribution in [3.63, 3.8) is 0 Å². The molecule has 0 radical (unpaired) electrons. The second-order valence-electron chi connectivity index (χ2n) is 4.60. The van der Waals surface area contributed by atoms with Crippen molar-refractivity contribution in [2.45, 2.75) is 25.3 Å². The van der Waals surface area contributed by atoms with E-state index in [1.165, 1.54) is 44.5 Å². The molecule has 0 aromatic rings. The predicted molar refractivity (Wildman–Crippen MR) is 62.0 cm³/mol. The number of hydrogen-bond acceptors (Lipinski definition) is 3. The van der Waals surface area contributed by atoms with E-state index in [1.54, 1.807) is 7.11 Å². The average molecular weight is 210 g/mol. The van der Waals surface area contributed by atoms with Crippen molar-refractivity contribution in [3.8, 4) is 0 Å². The van der Waals surface area contributed by atoms with Gasteiger partial charge in [0.2, 0.25) is 0 Å². The van der Waals surface area contributed by atoms with Crippen molar-refractivity contribution in [2.24, 2.45) is 0 Å². The normalized spacial score (nSPS) is 28.1. The number of ether oxygens (including phenoxy) is 1. The van der Waals surface area contributed by atoms with Gasteiger partial charge in [-0.1, -0.05) is 6.08 Å². The summed E-state index contributed by atoms with van der Waals surface area (Å²) in [6.07, 6.45) is 6.22. The van der Waals surface area contributed by atoms with Crippen molar-refractivity contribution in [2.75, 3.05) is 39.9 Å². The van der Waals surface area contributed by atoms with E-state index in [1.807, 2.05) is 0 Å². The third kappa shape index (κ3) is 3.30. The summed E-state index contributed by atoms with van der Waals surface area (Å²) >= 11 is 0. The van der Waals surface area contributed by atoms with Gasteiger partial charge < -0.3 is 10.1 Å². The second-order valence-corrected chi connectivity index (χ2v) is 4.60. The van der Waals surface area contributed by atoms with E-state index in [9.17, 15) is 0 Å². The first-order valence-corrected chi connectivity index (χ1v) is 6.01. The van der Waals surface area contributed by atoms with Crippen LogP contribution in [-0.4, -0.2) is 50.8 Å². The highest BCUT2D eigenvalue weighted by molar-refractivity contribution is 5.07. The van der Waals surface area contributed by atoms with Crippen LogP contribution in [0.5, 0.6) is 0 Å². The Kier molecular flexibility index (Phi) is 4.18. The first-order chi connectivity index (χ1) is 7.38. The summed E-state index contributed by atoms with van der Waals surface area (Å²) in [5.74, 6) is 0. The Morgan fingerprint density at radius 1 is 1.60 bits per heavy atom. The molecular formula is C12H22N2O.